The van der Waals surface area contributed by atoms with Gasteiger partial charge in [-0.25, -0.2) is 0 Å². The number of furan rings is 2. The van der Waals surface area contributed by atoms with Crippen molar-refractivity contribution >= 4 is 101 Å². The molecular weight excluding hydrogens is 1150 g/mol. The first-order valence-electron chi connectivity index (χ1n) is 32.7. The Hall–Kier alpha value is -12.4. The van der Waals surface area contributed by atoms with Gasteiger partial charge in [0.25, 0.3) is 6.71 Å². The van der Waals surface area contributed by atoms with E-state index in [9.17, 15) is 0 Å². The van der Waals surface area contributed by atoms with Crippen LogP contribution in [0.1, 0.15) is 0 Å². The van der Waals surface area contributed by atoms with E-state index in [1.165, 1.54) is 16.4 Å². The number of benzene rings is 15. The highest BCUT2D eigenvalue weighted by Gasteiger charge is 2.46. The Bertz CT molecular complexity index is 5490. The molecule has 17 aromatic rings. The molecule has 0 amide bonds. The molecule has 95 heavy (non-hydrogen) atoms. The van der Waals surface area contributed by atoms with E-state index >= 15 is 0 Å². The fourth-order valence-electron chi connectivity index (χ4n) is 15.3. The maximum atomic E-state index is 7.06. The second-order valence-corrected chi connectivity index (χ2v) is 25.0. The Labute approximate surface area is 551 Å². The van der Waals surface area contributed by atoms with Gasteiger partial charge in [-0.15, -0.1) is 0 Å². The van der Waals surface area contributed by atoms with Gasteiger partial charge in [-0.2, -0.15) is 0 Å². The lowest BCUT2D eigenvalue weighted by atomic mass is 9.33. The van der Waals surface area contributed by atoms with E-state index in [4.69, 9.17) is 8.83 Å². The first-order valence-corrected chi connectivity index (χ1v) is 32.7. The van der Waals surface area contributed by atoms with Crippen molar-refractivity contribution in [1.29, 1.82) is 0 Å². The molecule has 442 valence electrons. The maximum Gasteiger partial charge on any atom is 0.252 e. The van der Waals surface area contributed by atoms with Gasteiger partial charge < -0.3 is 18.6 Å². The molecule has 0 radical (unpaired) electrons. The summed E-state index contributed by atoms with van der Waals surface area (Å²) < 4.78 is 13.5. The van der Waals surface area contributed by atoms with Crippen molar-refractivity contribution in [3.8, 4) is 89.0 Å². The molecule has 0 bridgehead atoms. The summed E-state index contributed by atoms with van der Waals surface area (Å²) in [7, 11) is 0. The standard InChI is InChI=1S/C90H57BN2O2/c1-7-25-58(26-8-1)64-45-48-80-78(54-64)91-79-55-65(59-27-9-2-10-28-59)46-49-81(79)93(89-71(62-33-15-5-16-34-62)41-24-42-72(89)63-35-17-6-18-36-63)83-57-68(56-82(87(83)91)92(80)88-69(60-29-11-3-12-30-60)39-23-40-70(88)61-31-13-4-14-32-61)67-52-75(90-77(53-67)74-38-20-22-44-85(74)95-90)66-47-50-86-76(51-66)73-37-19-21-43-84(73)94-86/h1-57H. The van der Waals surface area contributed by atoms with Crippen molar-refractivity contribution < 1.29 is 8.83 Å². The summed E-state index contributed by atoms with van der Waals surface area (Å²) in [5.41, 5.74) is 31.4. The number of hydrogen-bond donors (Lipinski definition) is 0. The van der Waals surface area contributed by atoms with Crippen LogP contribution in [-0.4, -0.2) is 6.71 Å². The van der Waals surface area contributed by atoms with Gasteiger partial charge in [0, 0.05) is 72.1 Å². The van der Waals surface area contributed by atoms with E-state index in [1.807, 2.05) is 6.07 Å². The lowest BCUT2D eigenvalue weighted by molar-refractivity contribution is 0.668. The first-order chi connectivity index (χ1) is 47.1. The van der Waals surface area contributed by atoms with Crippen molar-refractivity contribution in [3.63, 3.8) is 0 Å². The molecule has 2 aliphatic rings. The van der Waals surface area contributed by atoms with Crippen LogP contribution in [-0.2, 0) is 0 Å². The minimum Gasteiger partial charge on any atom is -0.456 e. The number of anilines is 6. The molecule has 0 fully saturated rings. The zero-order chi connectivity index (χ0) is 62.5. The second kappa shape index (κ2) is 22.2. The molecule has 0 N–H and O–H groups in total. The number of hydrogen-bond acceptors (Lipinski definition) is 4. The molecular formula is C90H57BN2O2. The Morgan fingerprint density at radius 2 is 0.579 bits per heavy atom. The summed E-state index contributed by atoms with van der Waals surface area (Å²) >= 11 is 0. The average Bonchev–Trinajstić information content (AvgIpc) is 1.05. The average molecular weight is 1210 g/mol. The summed E-state index contributed by atoms with van der Waals surface area (Å²) in [6.07, 6.45) is 0. The number of rotatable bonds is 10. The molecule has 2 aliphatic heterocycles. The van der Waals surface area contributed by atoms with Gasteiger partial charge in [-0.3, -0.25) is 0 Å². The minimum absolute atomic E-state index is 0.251. The van der Waals surface area contributed by atoms with Crippen LogP contribution >= 0.6 is 0 Å². The van der Waals surface area contributed by atoms with Gasteiger partial charge in [0.1, 0.15) is 22.3 Å². The van der Waals surface area contributed by atoms with Crippen LogP contribution in [0.2, 0.25) is 0 Å². The summed E-state index contributed by atoms with van der Waals surface area (Å²) in [6, 6.07) is 127. The van der Waals surface area contributed by atoms with Crippen molar-refractivity contribution in [2.24, 2.45) is 0 Å². The highest BCUT2D eigenvalue weighted by atomic mass is 16.3. The summed E-state index contributed by atoms with van der Waals surface area (Å²) in [6.45, 7) is -0.251. The fraction of sp³-hybridized carbons (Fsp3) is 0. The van der Waals surface area contributed by atoms with Crippen LogP contribution < -0.4 is 26.2 Å². The van der Waals surface area contributed by atoms with Crippen LogP contribution in [0.3, 0.4) is 0 Å². The van der Waals surface area contributed by atoms with Crippen LogP contribution in [0.15, 0.2) is 355 Å². The molecule has 0 atom stereocenters. The molecule has 2 aromatic heterocycles. The molecule has 19 rings (SSSR count). The molecule has 4 heterocycles. The Balaban J connectivity index is 0.991. The number of fused-ring (bicyclic) bond motifs is 10. The lowest BCUT2D eigenvalue weighted by Crippen LogP contribution is -2.61. The fourth-order valence-corrected chi connectivity index (χ4v) is 15.3. The van der Waals surface area contributed by atoms with Gasteiger partial charge in [0.05, 0.1) is 11.4 Å². The van der Waals surface area contributed by atoms with Crippen molar-refractivity contribution in [2.75, 3.05) is 9.80 Å². The van der Waals surface area contributed by atoms with Crippen LogP contribution in [0.4, 0.5) is 34.1 Å². The van der Waals surface area contributed by atoms with E-state index in [0.29, 0.717) is 0 Å². The number of para-hydroxylation sites is 4. The molecule has 0 spiro atoms. The SMILES string of the molecule is c1ccc(-c2ccc3c(c2)B2c4cc(-c5ccccc5)ccc4N(c4c(-c5ccccc5)cccc4-c4ccccc4)c4cc(-c5cc(-c6ccc7oc8ccccc8c7c6)c6oc7ccccc7c6c5)cc(c42)N3c2c(-c3ccccc3)cccc2-c2ccccc2)cc1. The molecule has 0 saturated carbocycles. The van der Waals surface area contributed by atoms with E-state index in [1.54, 1.807) is 0 Å². The minimum atomic E-state index is -0.251. The highest BCUT2D eigenvalue weighted by Crippen LogP contribution is 2.55. The summed E-state index contributed by atoms with van der Waals surface area (Å²) in [5, 5.41) is 4.24. The van der Waals surface area contributed by atoms with Crippen molar-refractivity contribution in [3.05, 3.63) is 346 Å². The molecule has 15 aromatic carbocycles. The van der Waals surface area contributed by atoms with Crippen molar-refractivity contribution in [2.45, 2.75) is 0 Å². The van der Waals surface area contributed by atoms with Crippen molar-refractivity contribution in [1.82, 2.24) is 0 Å². The third-order valence-electron chi connectivity index (χ3n) is 19.6. The highest BCUT2D eigenvalue weighted by molar-refractivity contribution is 7.00. The predicted molar refractivity (Wildman–Crippen MR) is 399 cm³/mol. The Morgan fingerprint density at radius 1 is 0.211 bits per heavy atom. The Morgan fingerprint density at radius 3 is 1.04 bits per heavy atom. The van der Waals surface area contributed by atoms with Crippen LogP contribution in [0.25, 0.3) is 133 Å². The number of nitrogens with zero attached hydrogens (tertiary/aromatic N) is 2. The second-order valence-electron chi connectivity index (χ2n) is 25.0. The van der Waals surface area contributed by atoms with E-state index in [2.05, 4.69) is 350 Å². The van der Waals surface area contributed by atoms with Crippen LogP contribution in [0.5, 0.6) is 0 Å². The third-order valence-corrected chi connectivity index (χ3v) is 19.6. The lowest BCUT2D eigenvalue weighted by Gasteiger charge is -2.46. The quantitative estimate of drug-likeness (QED) is 0.128. The monoisotopic (exact) mass is 1210 g/mol. The van der Waals surface area contributed by atoms with E-state index in [-0.39, 0.29) is 6.71 Å². The van der Waals surface area contributed by atoms with Gasteiger partial charge in [-0.05, 0) is 138 Å². The topological polar surface area (TPSA) is 32.8 Å². The normalized spacial score (nSPS) is 12.4. The third kappa shape index (κ3) is 8.92. The first kappa shape index (κ1) is 54.3. The predicted octanol–water partition coefficient (Wildman–Crippen LogP) is 22.9. The molecule has 0 saturated heterocycles. The van der Waals surface area contributed by atoms with E-state index < -0.39 is 0 Å². The summed E-state index contributed by atoms with van der Waals surface area (Å²) in [4.78, 5) is 5.29. The Kier molecular flexibility index (Phi) is 12.7. The zero-order valence-corrected chi connectivity index (χ0v) is 51.7. The smallest absolute Gasteiger partial charge is 0.252 e. The molecule has 0 unspecified atom stereocenters. The van der Waals surface area contributed by atoms with Gasteiger partial charge in [-0.1, -0.05) is 285 Å². The van der Waals surface area contributed by atoms with Gasteiger partial charge in [0.2, 0.25) is 0 Å². The van der Waals surface area contributed by atoms with Crippen LogP contribution in [0, 0.1) is 0 Å². The largest absolute Gasteiger partial charge is 0.456 e. The maximum absolute atomic E-state index is 7.06. The molecule has 0 aliphatic carbocycles. The molecule has 5 heteroatoms. The summed E-state index contributed by atoms with van der Waals surface area (Å²) in [5.74, 6) is 0. The van der Waals surface area contributed by atoms with Gasteiger partial charge >= 0.3 is 0 Å². The van der Waals surface area contributed by atoms with Gasteiger partial charge in [0.15, 0.2) is 0 Å². The zero-order valence-electron chi connectivity index (χ0n) is 51.7. The van der Waals surface area contributed by atoms with E-state index in [0.717, 1.165) is 167 Å². The molecule has 4 nitrogen and oxygen atoms in total.